The van der Waals surface area contributed by atoms with Crippen LogP contribution in [0, 0.1) is 28.9 Å². The molecule has 0 saturated carbocycles. The smallest absolute Gasteiger partial charge is 0.249 e. The lowest BCUT2D eigenvalue weighted by Crippen LogP contribution is -2.53. The summed E-state index contributed by atoms with van der Waals surface area (Å²) >= 11 is 0. The van der Waals surface area contributed by atoms with Crippen LogP contribution in [0.1, 0.15) is 18.4 Å². The second-order valence-electron chi connectivity index (χ2n) is 8.06. The fourth-order valence-corrected chi connectivity index (χ4v) is 5.79. The first-order valence-corrected chi connectivity index (χ1v) is 12.1. The molecule has 2 saturated heterocycles. The van der Waals surface area contributed by atoms with Crippen LogP contribution in [0.3, 0.4) is 0 Å². The van der Waals surface area contributed by atoms with Crippen LogP contribution in [-0.4, -0.2) is 67.8 Å². The SMILES string of the molecule is N#Cc1ccc(N2CCC(C(=O)N3CCN(S(=O)(=O)c4c(F)cccc4F)CC3)CC2)nc1. The van der Waals surface area contributed by atoms with Gasteiger partial charge in [0, 0.05) is 51.4 Å². The molecule has 4 rings (SSSR count). The van der Waals surface area contributed by atoms with Gasteiger partial charge in [0.25, 0.3) is 0 Å². The van der Waals surface area contributed by atoms with Crippen LogP contribution in [0.15, 0.2) is 41.4 Å². The first kappa shape index (κ1) is 23.1. The summed E-state index contributed by atoms with van der Waals surface area (Å²) in [6.45, 7) is 1.61. The number of piperidine rings is 1. The number of rotatable bonds is 4. The van der Waals surface area contributed by atoms with Crippen LogP contribution in [0.4, 0.5) is 14.6 Å². The van der Waals surface area contributed by atoms with Gasteiger partial charge in [0.05, 0.1) is 5.56 Å². The highest BCUT2D eigenvalue weighted by atomic mass is 32.2. The first-order chi connectivity index (χ1) is 15.8. The minimum absolute atomic E-state index is 0.0180. The summed E-state index contributed by atoms with van der Waals surface area (Å²) < 4.78 is 54.5. The Bertz CT molecular complexity index is 1150. The number of halogens is 2. The van der Waals surface area contributed by atoms with Gasteiger partial charge >= 0.3 is 0 Å². The topological polar surface area (TPSA) is 97.6 Å². The van der Waals surface area contributed by atoms with Crippen molar-refractivity contribution >= 4 is 21.7 Å². The molecule has 1 aromatic carbocycles. The van der Waals surface area contributed by atoms with Crippen molar-refractivity contribution in [3.63, 3.8) is 0 Å². The van der Waals surface area contributed by atoms with Crippen LogP contribution in [0.2, 0.25) is 0 Å². The Morgan fingerprint density at radius 3 is 2.18 bits per heavy atom. The van der Waals surface area contributed by atoms with Gasteiger partial charge in [-0.25, -0.2) is 22.2 Å². The molecule has 174 valence electrons. The summed E-state index contributed by atoms with van der Waals surface area (Å²) in [6, 6.07) is 8.47. The fourth-order valence-electron chi connectivity index (χ4n) is 4.26. The minimum Gasteiger partial charge on any atom is -0.357 e. The van der Waals surface area contributed by atoms with E-state index in [1.807, 2.05) is 6.07 Å². The molecule has 2 fully saturated rings. The summed E-state index contributed by atoms with van der Waals surface area (Å²) in [5.41, 5.74) is 0.489. The third kappa shape index (κ3) is 4.67. The van der Waals surface area contributed by atoms with Crippen LogP contribution in [0.5, 0.6) is 0 Å². The molecule has 0 unspecified atom stereocenters. The number of benzene rings is 1. The van der Waals surface area contributed by atoms with Crippen LogP contribution < -0.4 is 4.90 Å². The predicted octanol–water partition coefficient (Wildman–Crippen LogP) is 1.98. The number of sulfonamides is 1. The van der Waals surface area contributed by atoms with E-state index in [-0.39, 0.29) is 38.0 Å². The number of carbonyl (C=O) groups is 1. The van der Waals surface area contributed by atoms with E-state index in [9.17, 15) is 22.0 Å². The summed E-state index contributed by atoms with van der Waals surface area (Å²) in [4.78, 5) is 20.0. The molecule has 11 heteroatoms. The zero-order chi connectivity index (χ0) is 23.6. The van der Waals surface area contributed by atoms with Gasteiger partial charge in [-0.2, -0.15) is 9.57 Å². The van der Waals surface area contributed by atoms with Crippen molar-refractivity contribution < 1.29 is 22.0 Å². The van der Waals surface area contributed by atoms with Gasteiger partial charge < -0.3 is 9.80 Å². The highest BCUT2D eigenvalue weighted by molar-refractivity contribution is 7.89. The number of hydrogen-bond donors (Lipinski definition) is 0. The molecule has 2 aliphatic heterocycles. The summed E-state index contributed by atoms with van der Waals surface area (Å²) in [6.07, 6.45) is 2.80. The summed E-state index contributed by atoms with van der Waals surface area (Å²) in [5, 5.41) is 8.89. The predicted molar refractivity (Wildman–Crippen MR) is 116 cm³/mol. The number of nitrogens with zero attached hydrogens (tertiary/aromatic N) is 5. The van der Waals surface area contributed by atoms with E-state index in [0.717, 1.165) is 28.3 Å². The molecule has 2 aromatic rings. The fraction of sp³-hybridized carbons (Fsp3) is 0.409. The maximum absolute atomic E-state index is 14.0. The number of nitriles is 1. The van der Waals surface area contributed by atoms with Gasteiger partial charge in [0.15, 0.2) is 4.90 Å². The molecule has 33 heavy (non-hydrogen) atoms. The Labute approximate surface area is 191 Å². The Kier molecular flexibility index (Phi) is 6.58. The lowest BCUT2D eigenvalue weighted by Gasteiger charge is -2.38. The van der Waals surface area contributed by atoms with Gasteiger partial charge in [-0.05, 0) is 37.1 Å². The van der Waals surface area contributed by atoms with E-state index in [2.05, 4.69) is 9.88 Å². The normalized spacial score (nSPS) is 18.2. The van der Waals surface area contributed by atoms with Crippen molar-refractivity contribution in [2.75, 3.05) is 44.2 Å². The number of carbonyl (C=O) groups excluding carboxylic acids is 1. The van der Waals surface area contributed by atoms with Crippen molar-refractivity contribution in [2.45, 2.75) is 17.7 Å². The van der Waals surface area contributed by atoms with Gasteiger partial charge in [0.2, 0.25) is 15.9 Å². The number of aromatic nitrogens is 1. The first-order valence-electron chi connectivity index (χ1n) is 10.7. The van der Waals surface area contributed by atoms with Crippen molar-refractivity contribution in [1.29, 1.82) is 5.26 Å². The maximum atomic E-state index is 14.0. The van der Waals surface area contributed by atoms with Crippen molar-refractivity contribution in [3.05, 3.63) is 53.7 Å². The molecule has 8 nitrogen and oxygen atoms in total. The Hall–Kier alpha value is -3.10. The van der Waals surface area contributed by atoms with E-state index in [1.165, 1.54) is 6.20 Å². The van der Waals surface area contributed by atoms with E-state index >= 15 is 0 Å². The molecule has 0 bridgehead atoms. The molecule has 0 radical (unpaired) electrons. The molecule has 0 aliphatic carbocycles. The van der Waals surface area contributed by atoms with Gasteiger partial charge in [-0.1, -0.05) is 6.07 Å². The third-order valence-electron chi connectivity index (χ3n) is 6.11. The van der Waals surface area contributed by atoms with Crippen molar-refractivity contribution in [3.8, 4) is 6.07 Å². The number of amides is 1. The van der Waals surface area contributed by atoms with Crippen molar-refractivity contribution in [2.24, 2.45) is 5.92 Å². The van der Waals surface area contributed by atoms with Crippen LogP contribution in [-0.2, 0) is 14.8 Å². The summed E-state index contributed by atoms with van der Waals surface area (Å²) in [7, 11) is -4.33. The lowest BCUT2D eigenvalue weighted by molar-refractivity contribution is -0.137. The standard InChI is InChI=1S/C22H23F2N5O3S/c23-18-2-1-3-19(24)21(18)33(31,32)29-12-10-28(11-13-29)22(30)17-6-8-27(9-7-17)20-5-4-16(14-25)15-26-20/h1-5,15,17H,6-13H2. The Morgan fingerprint density at radius 2 is 1.64 bits per heavy atom. The van der Waals surface area contributed by atoms with E-state index in [4.69, 9.17) is 5.26 Å². The highest BCUT2D eigenvalue weighted by Gasteiger charge is 2.36. The molecule has 0 N–H and O–H groups in total. The van der Waals surface area contributed by atoms with Crippen LogP contribution in [0.25, 0.3) is 0 Å². The zero-order valence-electron chi connectivity index (χ0n) is 17.8. The number of piperazine rings is 1. The molecular formula is C22H23F2N5O3S. The lowest BCUT2D eigenvalue weighted by atomic mass is 9.95. The van der Waals surface area contributed by atoms with E-state index in [0.29, 0.717) is 31.5 Å². The average molecular weight is 476 g/mol. The van der Waals surface area contributed by atoms with Gasteiger partial charge in [-0.3, -0.25) is 4.79 Å². The molecule has 2 aliphatic rings. The minimum atomic E-state index is -4.33. The largest absolute Gasteiger partial charge is 0.357 e. The molecule has 0 atom stereocenters. The second-order valence-corrected chi connectivity index (χ2v) is 9.93. The molecule has 1 amide bonds. The monoisotopic (exact) mass is 475 g/mol. The van der Waals surface area contributed by atoms with Gasteiger partial charge in [-0.15, -0.1) is 0 Å². The second kappa shape index (κ2) is 9.41. The van der Waals surface area contributed by atoms with Crippen molar-refractivity contribution in [1.82, 2.24) is 14.2 Å². The van der Waals surface area contributed by atoms with Crippen LogP contribution >= 0.6 is 0 Å². The third-order valence-corrected chi connectivity index (χ3v) is 8.06. The number of hydrogen-bond acceptors (Lipinski definition) is 6. The Morgan fingerprint density at radius 1 is 1.00 bits per heavy atom. The highest BCUT2D eigenvalue weighted by Crippen LogP contribution is 2.26. The number of anilines is 1. The molecular weight excluding hydrogens is 452 g/mol. The molecule has 3 heterocycles. The summed E-state index contributed by atoms with van der Waals surface area (Å²) in [5.74, 6) is -1.70. The van der Waals surface area contributed by atoms with E-state index in [1.54, 1.807) is 17.0 Å². The Balaban J connectivity index is 1.33. The molecule has 0 spiro atoms. The van der Waals surface area contributed by atoms with Gasteiger partial charge in [0.1, 0.15) is 23.5 Å². The average Bonchev–Trinajstić information content (AvgIpc) is 2.83. The molecule has 1 aromatic heterocycles. The maximum Gasteiger partial charge on any atom is 0.249 e. The van der Waals surface area contributed by atoms with E-state index < -0.39 is 26.6 Å². The zero-order valence-corrected chi connectivity index (χ0v) is 18.6. The number of pyridine rings is 1. The quantitative estimate of drug-likeness (QED) is 0.671.